The molecule has 0 spiro atoms. The molecule has 0 fully saturated rings. The summed E-state index contributed by atoms with van der Waals surface area (Å²) in [5, 5.41) is 10.1. The highest BCUT2D eigenvalue weighted by atomic mass is 16.5. The molecule has 4 nitrogen and oxygen atoms in total. The summed E-state index contributed by atoms with van der Waals surface area (Å²) >= 11 is 0. The van der Waals surface area contributed by atoms with Crippen LogP contribution in [0.15, 0.2) is 18.2 Å². The first-order valence-electron chi connectivity index (χ1n) is 5.48. The number of carboxylic acids is 1. The van der Waals surface area contributed by atoms with Crippen LogP contribution >= 0.6 is 0 Å². The highest BCUT2D eigenvalue weighted by Crippen LogP contribution is 2.35. The third-order valence-electron chi connectivity index (χ3n) is 2.84. The first-order valence-corrected chi connectivity index (χ1v) is 5.48. The van der Waals surface area contributed by atoms with Crippen molar-refractivity contribution in [3.8, 4) is 5.75 Å². The lowest BCUT2D eigenvalue weighted by Gasteiger charge is -2.08. The van der Waals surface area contributed by atoms with E-state index in [1.54, 1.807) is 7.11 Å². The maximum Gasteiger partial charge on any atom is 0.352 e. The van der Waals surface area contributed by atoms with E-state index in [0.717, 1.165) is 16.5 Å². The minimum Gasteiger partial charge on any atom is -0.496 e. The molecular weight excluding hydrogens is 218 g/mol. The predicted octanol–water partition coefficient (Wildman–Crippen LogP) is 3.00. The number of carbonyl (C=O) groups is 1. The number of aromatic carboxylic acids is 1. The molecule has 1 aromatic carbocycles. The summed E-state index contributed by atoms with van der Waals surface area (Å²) in [5.74, 6) is -0.118. The minimum atomic E-state index is -0.938. The summed E-state index contributed by atoms with van der Waals surface area (Å²) in [5.41, 5.74) is 1.84. The Morgan fingerprint density at radius 1 is 1.41 bits per heavy atom. The fourth-order valence-electron chi connectivity index (χ4n) is 2.16. The zero-order valence-corrected chi connectivity index (χ0v) is 10.1. The van der Waals surface area contributed by atoms with Crippen molar-refractivity contribution >= 4 is 16.9 Å². The van der Waals surface area contributed by atoms with Crippen LogP contribution < -0.4 is 4.74 Å². The van der Waals surface area contributed by atoms with Crippen molar-refractivity contribution in [2.45, 2.75) is 19.8 Å². The monoisotopic (exact) mass is 233 g/mol. The molecule has 90 valence electrons. The Morgan fingerprint density at radius 2 is 2.12 bits per heavy atom. The lowest BCUT2D eigenvalue weighted by molar-refractivity contribution is 0.0690. The van der Waals surface area contributed by atoms with Crippen molar-refractivity contribution in [1.82, 2.24) is 4.98 Å². The summed E-state index contributed by atoms with van der Waals surface area (Å²) in [7, 11) is 1.59. The van der Waals surface area contributed by atoms with Gasteiger partial charge in [0.25, 0.3) is 0 Å². The number of nitrogens with one attached hydrogen (secondary N) is 1. The number of H-pyrrole nitrogens is 1. The lowest BCUT2D eigenvalue weighted by atomic mass is 9.99. The number of fused-ring (bicyclic) bond motifs is 1. The molecule has 0 amide bonds. The molecule has 2 rings (SSSR count). The number of ether oxygens (including phenoxy) is 1. The molecule has 1 aromatic heterocycles. The Bertz CT molecular complexity index is 569. The molecule has 0 saturated heterocycles. The summed E-state index contributed by atoms with van der Waals surface area (Å²) in [6.07, 6.45) is 0. The van der Waals surface area contributed by atoms with E-state index < -0.39 is 5.97 Å². The van der Waals surface area contributed by atoms with Crippen LogP contribution in [0.25, 0.3) is 10.9 Å². The van der Waals surface area contributed by atoms with Crippen molar-refractivity contribution in [2.24, 2.45) is 0 Å². The molecule has 0 aliphatic heterocycles. The smallest absolute Gasteiger partial charge is 0.352 e. The molecule has 0 unspecified atom stereocenters. The van der Waals surface area contributed by atoms with Gasteiger partial charge in [-0.2, -0.15) is 0 Å². The number of aromatic amines is 1. The third kappa shape index (κ3) is 1.75. The molecule has 2 N–H and O–H groups in total. The van der Waals surface area contributed by atoms with Gasteiger partial charge in [0.1, 0.15) is 11.4 Å². The van der Waals surface area contributed by atoms with E-state index in [4.69, 9.17) is 4.74 Å². The second-order valence-electron chi connectivity index (χ2n) is 4.26. The molecule has 0 atom stereocenters. The second kappa shape index (κ2) is 4.13. The maximum absolute atomic E-state index is 11.2. The lowest BCUT2D eigenvalue weighted by Crippen LogP contribution is -2.02. The Morgan fingerprint density at radius 3 is 2.65 bits per heavy atom. The van der Waals surface area contributed by atoms with Gasteiger partial charge in [-0.15, -0.1) is 0 Å². The van der Waals surface area contributed by atoms with Gasteiger partial charge >= 0.3 is 5.97 Å². The van der Waals surface area contributed by atoms with Gasteiger partial charge in [-0.25, -0.2) is 4.79 Å². The van der Waals surface area contributed by atoms with Gasteiger partial charge in [-0.05, 0) is 23.6 Å². The summed E-state index contributed by atoms with van der Waals surface area (Å²) in [6, 6.07) is 5.54. The topological polar surface area (TPSA) is 62.3 Å². The third-order valence-corrected chi connectivity index (χ3v) is 2.84. The van der Waals surface area contributed by atoms with Crippen LogP contribution in [0.5, 0.6) is 5.75 Å². The van der Waals surface area contributed by atoms with Crippen LogP contribution in [0.3, 0.4) is 0 Å². The van der Waals surface area contributed by atoms with Crippen LogP contribution in [0.1, 0.15) is 35.8 Å². The highest BCUT2D eigenvalue weighted by Gasteiger charge is 2.21. The molecule has 0 aliphatic rings. The van der Waals surface area contributed by atoms with E-state index >= 15 is 0 Å². The molecule has 1 heterocycles. The van der Waals surface area contributed by atoms with Gasteiger partial charge in [-0.3, -0.25) is 0 Å². The summed E-state index contributed by atoms with van der Waals surface area (Å²) < 4.78 is 5.30. The number of carboxylic acid groups (broad SMARTS) is 1. The van der Waals surface area contributed by atoms with E-state index in [2.05, 4.69) is 4.98 Å². The number of rotatable bonds is 3. The summed E-state index contributed by atoms with van der Waals surface area (Å²) in [6.45, 7) is 3.95. The van der Waals surface area contributed by atoms with E-state index in [0.29, 0.717) is 5.75 Å². The van der Waals surface area contributed by atoms with Gasteiger partial charge in [0.05, 0.1) is 12.6 Å². The van der Waals surface area contributed by atoms with E-state index in [1.807, 2.05) is 32.0 Å². The van der Waals surface area contributed by atoms with Gasteiger partial charge in [0.2, 0.25) is 0 Å². The normalized spacial score (nSPS) is 11.1. The molecule has 0 bridgehead atoms. The fourth-order valence-corrected chi connectivity index (χ4v) is 2.16. The highest BCUT2D eigenvalue weighted by molar-refractivity contribution is 6.00. The molecule has 2 aromatic rings. The van der Waals surface area contributed by atoms with Gasteiger partial charge in [0.15, 0.2) is 0 Å². The SMILES string of the molecule is COc1cccc2[nH]c(C(=O)O)c(C(C)C)c12. The van der Waals surface area contributed by atoms with E-state index in [-0.39, 0.29) is 11.6 Å². The maximum atomic E-state index is 11.2. The number of aromatic nitrogens is 1. The summed E-state index contributed by atoms with van der Waals surface area (Å²) in [4.78, 5) is 14.2. The predicted molar refractivity (Wildman–Crippen MR) is 65.9 cm³/mol. The molecular formula is C13H15NO3. The van der Waals surface area contributed by atoms with Crippen LogP contribution in [-0.4, -0.2) is 23.2 Å². The van der Waals surface area contributed by atoms with E-state index in [1.165, 1.54) is 0 Å². The second-order valence-corrected chi connectivity index (χ2v) is 4.26. The Balaban J connectivity index is 2.86. The van der Waals surface area contributed by atoms with Crippen molar-refractivity contribution in [3.63, 3.8) is 0 Å². The zero-order chi connectivity index (χ0) is 12.6. The van der Waals surface area contributed by atoms with Crippen LogP contribution in [0, 0.1) is 0 Å². The zero-order valence-electron chi connectivity index (χ0n) is 10.1. The van der Waals surface area contributed by atoms with Crippen molar-refractivity contribution in [1.29, 1.82) is 0 Å². The van der Waals surface area contributed by atoms with Gasteiger partial charge in [0, 0.05) is 5.39 Å². The quantitative estimate of drug-likeness (QED) is 0.856. The van der Waals surface area contributed by atoms with Crippen LogP contribution in [-0.2, 0) is 0 Å². The van der Waals surface area contributed by atoms with Crippen molar-refractivity contribution in [3.05, 3.63) is 29.5 Å². The molecule has 0 radical (unpaired) electrons. The minimum absolute atomic E-state index is 0.117. The number of benzene rings is 1. The number of methoxy groups -OCH3 is 1. The standard InChI is InChI=1S/C13H15NO3/c1-7(2)10-11-8(14-12(10)13(15)16)5-4-6-9(11)17-3/h4-7,14H,1-3H3,(H,15,16). The Kier molecular flexibility index (Phi) is 2.79. The molecule has 17 heavy (non-hydrogen) atoms. The number of hydrogen-bond acceptors (Lipinski definition) is 2. The Hall–Kier alpha value is -1.97. The first-order chi connectivity index (χ1) is 8.06. The van der Waals surface area contributed by atoms with Gasteiger partial charge in [-0.1, -0.05) is 19.9 Å². The van der Waals surface area contributed by atoms with Gasteiger partial charge < -0.3 is 14.8 Å². The average molecular weight is 233 g/mol. The first kappa shape index (κ1) is 11.5. The fraction of sp³-hybridized carbons (Fsp3) is 0.308. The molecule has 0 saturated carbocycles. The average Bonchev–Trinajstić information content (AvgIpc) is 2.67. The van der Waals surface area contributed by atoms with Crippen LogP contribution in [0.2, 0.25) is 0 Å². The Labute approximate surface area is 99.2 Å². The van der Waals surface area contributed by atoms with Crippen molar-refractivity contribution in [2.75, 3.05) is 7.11 Å². The van der Waals surface area contributed by atoms with Crippen molar-refractivity contribution < 1.29 is 14.6 Å². The molecule has 0 aliphatic carbocycles. The van der Waals surface area contributed by atoms with Crippen LogP contribution in [0.4, 0.5) is 0 Å². The largest absolute Gasteiger partial charge is 0.496 e. The van der Waals surface area contributed by atoms with E-state index in [9.17, 15) is 9.90 Å². The molecule has 4 heteroatoms. The number of hydrogen-bond donors (Lipinski definition) is 2.